The van der Waals surface area contributed by atoms with Crippen LogP contribution in [-0.2, 0) is 11.2 Å². The van der Waals surface area contributed by atoms with Gasteiger partial charge in [0.15, 0.2) is 5.82 Å². The van der Waals surface area contributed by atoms with Crippen LogP contribution in [0.15, 0.2) is 4.52 Å². The van der Waals surface area contributed by atoms with Crippen LogP contribution in [0.5, 0.6) is 0 Å². The summed E-state index contributed by atoms with van der Waals surface area (Å²) in [7, 11) is 0. The molecule has 0 aromatic carbocycles. The van der Waals surface area contributed by atoms with Gasteiger partial charge >= 0.3 is 12.0 Å². The van der Waals surface area contributed by atoms with E-state index in [1.54, 1.807) is 6.92 Å². The van der Waals surface area contributed by atoms with Gasteiger partial charge in [-0.25, -0.2) is 4.79 Å². The number of carboxylic acid groups (broad SMARTS) is 1. The van der Waals surface area contributed by atoms with Gasteiger partial charge in [0.05, 0.1) is 5.92 Å². The fraction of sp³-hybridized carbons (Fsp3) is 0.692. The summed E-state index contributed by atoms with van der Waals surface area (Å²) >= 11 is 0. The Morgan fingerprint density at radius 1 is 1.38 bits per heavy atom. The second kappa shape index (κ2) is 7.05. The number of nitrogens with one attached hydrogen (secondary N) is 2. The van der Waals surface area contributed by atoms with Crippen LogP contribution >= 0.6 is 0 Å². The smallest absolute Gasteiger partial charge is 0.314 e. The zero-order valence-corrected chi connectivity index (χ0v) is 12.0. The minimum absolute atomic E-state index is 0.0202. The van der Waals surface area contributed by atoms with E-state index in [9.17, 15) is 9.59 Å². The molecule has 2 atom stereocenters. The molecule has 0 saturated heterocycles. The summed E-state index contributed by atoms with van der Waals surface area (Å²) in [6.07, 6.45) is 2.91. The van der Waals surface area contributed by atoms with Crippen LogP contribution in [0.3, 0.4) is 0 Å². The number of nitrogens with zero attached hydrogens (tertiary/aromatic N) is 2. The Balaban J connectivity index is 1.64. The number of amides is 2. The zero-order chi connectivity index (χ0) is 15.2. The Kier molecular flexibility index (Phi) is 5.13. The third-order valence-electron chi connectivity index (χ3n) is 3.70. The van der Waals surface area contributed by atoms with E-state index >= 15 is 0 Å². The molecule has 2 rings (SSSR count). The lowest BCUT2D eigenvalue weighted by atomic mass is 9.96. The molecular formula is C13H20N4O4. The second-order valence-electron chi connectivity index (χ2n) is 5.26. The molecule has 8 heteroatoms. The van der Waals surface area contributed by atoms with E-state index < -0.39 is 5.97 Å². The molecule has 1 heterocycles. The number of aryl methyl sites for hydroxylation is 1. The Labute approximate surface area is 122 Å². The second-order valence-corrected chi connectivity index (χ2v) is 5.26. The largest absolute Gasteiger partial charge is 0.481 e. The van der Waals surface area contributed by atoms with Crippen LogP contribution < -0.4 is 10.6 Å². The molecule has 1 aliphatic carbocycles. The van der Waals surface area contributed by atoms with E-state index in [0.29, 0.717) is 37.6 Å². The molecule has 116 valence electrons. The van der Waals surface area contributed by atoms with Crippen molar-refractivity contribution in [2.75, 3.05) is 13.1 Å². The molecule has 0 bridgehead atoms. The van der Waals surface area contributed by atoms with Crippen molar-refractivity contribution in [2.45, 2.75) is 32.6 Å². The molecule has 0 spiro atoms. The zero-order valence-electron chi connectivity index (χ0n) is 12.0. The average Bonchev–Trinajstić information content (AvgIpc) is 3.05. The van der Waals surface area contributed by atoms with Crippen LogP contribution in [-0.4, -0.2) is 40.3 Å². The minimum Gasteiger partial charge on any atom is -0.481 e. The highest BCUT2D eigenvalue weighted by atomic mass is 16.5. The number of urea groups is 1. The van der Waals surface area contributed by atoms with E-state index in [2.05, 4.69) is 20.8 Å². The molecule has 8 nitrogen and oxygen atoms in total. The van der Waals surface area contributed by atoms with Gasteiger partial charge in [0, 0.05) is 19.5 Å². The molecule has 1 aromatic rings. The standard InChI is InChI=1S/C13H20N4O4/c1-8-16-11(21-17-8)5-6-14-13(20)15-7-9-3-2-4-10(9)12(18)19/h9-10H,2-7H2,1H3,(H,18,19)(H2,14,15,20). The van der Waals surface area contributed by atoms with Gasteiger partial charge in [-0.2, -0.15) is 4.98 Å². The van der Waals surface area contributed by atoms with Gasteiger partial charge in [0.25, 0.3) is 0 Å². The van der Waals surface area contributed by atoms with Crippen molar-refractivity contribution in [3.05, 3.63) is 11.7 Å². The van der Waals surface area contributed by atoms with E-state index in [1.165, 1.54) is 0 Å². The quantitative estimate of drug-likeness (QED) is 0.712. The molecule has 1 saturated carbocycles. The van der Waals surface area contributed by atoms with Gasteiger partial charge in [-0.3, -0.25) is 4.79 Å². The van der Waals surface area contributed by atoms with Gasteiger partial charge in [-0.1, -0.05) is 11.6 Å². The summed E-state index contributed by atoms with van der Waals surface area (Å²) < 4.78 is 4.93. The average molecular weight is 296 g/mol. The van der Waals surface area contributed by atoms with Crippen LogP contribution in [0.25, 0.3) is 0 Å². The third kappa shape index (κ3) is 4.44. The Morgan fingerprint density at radius 2 is 2.19 bits per heavy atom. The van der Waals surface area contributed by atoms with Crippen molar-refractivity contribution in [3.8, 4) is 0 Å². The van der Waals surface area contributed by atoms with E-state index in [0.717, 1.165) is 12.8 Å². The topological polar surface area (TPSA) is 117 Å². The number of hydrogen-bond donors (Lipinski definition) is 3. The van der Waals surface area contributed by atoms with Crippen molar-refractivity contribution in [1.29, 1.82) is 0 Å². The Bertz CT molecular complexity index is 502. The first-order valence-electron chi connectivity index (χ1n) is 7.10. The van der Waals surface area contributed by atoms with Crippen molar-refractivity contribution in [2.24, 2.45) is 11.8 Å². The maximum atomic E-state index is 11.6. The first-order chi connectivity index (χ1) is 10.1. The fourth-order valence-electron chi connectivity index (χ4n) is 2.62. The maximum Gasteiger partial charge on any atom is 0.314 e. The lowest BCUT2D eigenvalue weighted by Gasteiger charge is -2.16. The molecule has 1 aromatic heterocycles. The summed E-state index contributed by atoms with van der Waals surface area (Å²) in [6.45, 7) is 2.51. The summed E-state index contributed by atoms with van der Waals surface area (Å²) in [5.41, 5.74) is 0. The Hall–Kier alpha value is -2.12. The number of aliphatic carboxylic acids is 1. The van der Waals surface area contributed by atoms with E-state index in [4.69, 9.17) is 9.63 Å². The number of rotatable bonds is 6. The number of carboxylic acids is 1. The highest BCUT2D eigenvalue weighted by molar-refractivity contribution is 5.74. The summed E-state index contributed by atoms with van der Waals surface area (Å²) in [6, 6.07) is -0.303. The fourth-order valence-corrected chi connectivity index (χ4v) is 2.62. The molecular weight excluding hydrogens is 276 g/mol. The van der Waals surface area contributed by atoms with Crippen LogP contribution in [0, 0.1) is 18.8 Å². The maximum absolute atomic E-state index is 11.6. The molecule has 2 amide bonds. The van der Waals surface area contributed by atoms with Crippen LogP contribution in [0.1, 0.15) is 31.0 Å². The highest BCUT2D eigenvalue weighted by Crippen LogP contribution is 2.31. The highest BCUT2D eigenvalue weighted by Gasteiger charge is 2.32. The Morgan fingerprint density at radius 3 is 2.86 bits per heavy atom. The van der Waals surface area contributed by atoms with Gasteiger partial charge in [-0.15, -0.1) is 0 Å². The van der Waals surface area contributed by atoms with Crippen molar-refractivity contribution < 1.29 is 19.2 Å². The normalized spacial score (nSPS) is 21.2. The van der Waals surface area contributed by atoms with Crippen molar-refractivity contribution >= 4 is 12.0 Å². The van der Waals surface area contributed by atoms with Gasteiger partial charge in [0.1, 0.15) is 0 Å². The summed E-state index contributed by atoms with van der Waals surface area (Å²) in [4.78, 5) is 26.7. The third-order valence-corrected chi connectivity index (χ3v) is 3.70. The number of carbonyl (C=O) groups is 2. The molecule has 1 aliphatic rings. The van der Waals surface area contributed by atoms with Crippen LogP contribution in [0.4, 0.5) is 4.79 Å². The first-order valence-corrected chi connectivity index (χ1v) is 7.10. The predicted molar refractivity (Wildman–Crippen MR) is 72.6 cm³/mol. The predicted octanol–water partition coefficient (Wildman–Crippen LogP) is 0.721. The van der Waals surface area contributed by atoms with Crippen molar-refractivity contribution in [1.82, 2.24) is 20.8 Å². The molecule has 1 fully saturated rings. The van der Waals surface area contributed by atoms with Crippen LogP contribution in [0.2, 0.25) is 0 Å². The lowest BCUT2D eigenvalue weighted by molar-refractivity contribution is -0.142. The monoisotopic (exact) mass is 296 g/mol. The SMILES string of the molecule is Cc1noc(CCNC(=O)NCC2CCCC2C(=O)O)n1. The number of aromatic nitrogens is 2. The van der Waals surface area contributed by atoms with Crippen molar-refractivity contribution in [3.63, 3.8) is 0 Å². The first kappa shape index (κ1) is 15.3. The molecule has 3 N–H and O–H groups in total. The lowest BCUT2D eigenvalue weighted by Crippen LogP contribution is -2.40. The van der Waals surface area contributed by atoms with Gasteiger partial charge in [0.2, 0.25) is 5.89 Å². The molecule has 0 radical (unpaired) electrons. The van der Waals surface area contributed by atoms with E-state index in [-0.39, 0.29) is 17.9 Å². The van der Waals surface area contributed by atoms with E-state index in [1.807, 2.05) is 0 Å². The minimum atomic E-state index is -0.772. The number of hydrogen-bond acceptors (Lipinski definition) is 5. The molecule has 2 unspecified atom stereocenters. The van der Waals surface area contributed by atoms with Gasteiger partial charge < -0.3 is 20.3 Å². The summed E-state index contributed by atoms with van der Waals surface area (Å²) in [5.74, 6) is -0.0464. The molecule has 0 aliphatic heterocycles. The summed E-state index contributed by atoms with van der Waals surface area (Å²) in [5, 5.41) is 18.1. The number of carbonyl (C=O) groups excluding carboxylic acids is 1. The molecule has 21 heavy (non-hydrogen) atoms. The van der Waals surface area contributed by atoms with Gasteiger partial charge in [-0.05, 0) is 25.7 Å².